The number of rotatable bonds is 5. The number of halogens is 1. The number of benzene rings is 1. The number of aliphatic carboxylic acids is 1. The fraction of sp³-hybridized carbons (Fsp3) is 0.462. The summed E-state index contributed by atoms with van der Waals surface area (Å²) >= 11 is 3.49. The van der Waals surface area contributed by atoms with Crippen molar-refractivity contribution >= 4 is 21.9 Å². The van der Waals surface area contributed by atoms with Gasteiger partial charge in [0.25, 0.3) is 0 Å². The summed E-state index contributed by atoms with van der Waals surface area (Å²) in [7, 11) is 1.57. The molecule has 0 saturated carbocycles. The molecule has 0 amide bonds. The van der Waals surface area contributed by atoms with Gasteiger partial charge in [0.1, 0.15) is 11.8 Å². The number of methoxy groups -OCH3 is 1. The SMILES string of the molecule is COc1cc(C(C)C)c(Br)cc1CC(N)C(=O)O. The second-order valence-corrected chi connectivity index (χ2v) is 5.34. The highest BCUT2D eigenvalue weighted by molar-refractivity contribution is 9.10. The van der Waals surface area contributed by atoms with Gasteiger partial charge in [0.2, 0.25) is 0 Å². The van der Waals surface area contributed by atoms with Crippen LogP contribution in [0.4, 0.5) is 0 Å². The molecule has 1 aromatic rings. The molecule has 0 saturated heterocycles. The summed E-state index contributed by atoms with van der Waals surface area (Å²) in [6.07, 6.45) is 0.246. The molecule has 1 unspecified atom stereocenters. The topological polar surface area (TPSA) is 72.5 Å². The summed E-state index contributed by atoms with van der Waals surface area (Å²) in [6, 6.07) is 2.89. The van der Waals surface area contributed by atoms with Crippen LogP contribution in [0, 0.1) is 0 Å². The van der Waals surface area contributed by atoms with E-state index in [1.807, 2.05) is 12.1 Å². The number of carboxylic acid groups (broad SMARTS) is 1. The molecule has 1 atom stereocenters. The van der Waals surface area contributed by atoms with Crippen LogP contribution in [0.15, 0.2) is 16.6 Å². The van der Waals surface area contributed by atoms with Gasteiger partial charge in [-0.3, -0.25) is 4.79 Å². The molecule has 0 spiro atoms. The van der Waals surface area contributed by atoms with E-state index in [1.54, 1.807) is 7.11 Å². The van der Waals surface area contributed by atoms with Gasteiger partial charge < -0.3 is 15.6 Å². The van der Waals surface area contributed by atoms with E-state index in [4.69, 9.17) is 15.6 Å². The molecule has 0 fully saturated rings. The van der Waals surface area contributed by atoms with E-state index in [1.165, 1.54) is 0 Å². The Hall–Kier alpha value is -1.07. The van der Waals surface area contributed by atoms with Crippen molar-refractivity contribution in [2.45, 2.75) is 32.2 Å². The molecule has 1 rings (SSSR count). The maximum atomic E-state index is 10.8. The van der Waals surface area contributed by atoms with E-state index in [9.17, 15) is 4.79 Å². The summed E-state index contributed by atoms with van der Waals surface area (Å²) in [6.45, 7) is 4.17. The van der Waals surface area contributed by atoms with Crippen LogP contribution in [0.25, 0.3) is 0 Å². The quantitative estimate of drug-likeness (QED) is 0.875. The average Bonchev–Trinajstić information content (AvgIpc) is 2.28. The van der Waals surface area contributed by atoms with Crippen LogP contribution in [-0.4, -0.2) is 24.2 Å². The van der Waals surface area contributed by atoms with Crippen molar-refractivity contribution in [1.29, 1.82) is 0 Å². The van der Waals surface area contributed by atoms with Gasteiger partial charge >= 0.3 is 5.97 Å². The lowest BCUT2D eigenvalue weighted by molar-refractivity contribution is -0.138. The van der Waals surface area contributed by atoms with Crippen LogP contribution in [0.3, 0.4) is 0 Å². The van der Waals surface area contributed by atoms with Gasteiger partial charge in [-0.1, -0.05) is 29.8 Å². The molecule has 0 heterocycles. The maximum absolute atomic E-state index is 10.8. The fourth-order valence-electron chi connectivity index (χ4n) is 1.73. The number of hydrogen-bond acceptors (Lipinski definition) is 3. The van der Waals surface area contributed by atoms with Crippen molar-refractivity contribution in [3.63, 3.8) is 0 Å². The molecule has 0 aromatic heterocycles. The molecule has 0 aliphatic rings. The Bertz CT molecular complexity index is 446. The van der Waals surface area contributed by atoms with E-state index >= 15 is 0 Å². The summed E-state index contributed by atoms with van der Waals surface area (Å²) in [5.74, 6) is 0.0233. The first-order valence-corrected chi connectivity index (χ1v) is 6.50. The smallest absolute Gasteiger partial charge is 0.320 e. The zero-order valence-corrected chi connectivity index (χ0v) is 12.3. The van der Waals surface area contributed by atoms with Crippen molar-refractivity contribution in [2.75, 3.05) is 7.11 Å². The second-order valence-electron chi connectivity index (χ2n) is 4.49. The summed E-state index contributed by atoms with van der Waals surface area (Å²) in [4.78, 5) is 10.8. The third-order valence-corrected chi connectivity index (χ3v) is 3.47. The molecule has 0 radical (unpaired) electrons. The molecular weight excluding hydrogens is 298 g/mol. The van der Waals surface area contributed by atoms with Crippen molar-refractivity contribution < 1.29 is 14.6 Å². The van der Waals surface area contributed by atoms with Crippen LogP contribution < -0.4 is 10.5 Å². The van der Waals surface area contributed by atoms with Crippen molar-refractivity contribution in [1.82, 2.24) is 0 Å². The molecule has 4 nitrogen and oxygen atoms in total. The van der Waals surface area contributed by atoms with E-state index in [-0.39, 0.29) is 6.42 Å². The first-order chi connectivity index (χ1) is 8.36. The predicted octanol–water partition coefficient (Wildman–Crippen LogP) is 2.54. The lowest BCUT2D eigenvalue weighted by atomic mass is 9.98. The van der Waals surface area contributed by atoms with Gasteiger partial charge in [0.15, 0.2) is 0 Å². The number of carboxylic acids is 1. The highest BCUT2D eigenvalue weighted by Gasteiger charge is 2.17. The van der Waals surface area contributed by atoms with Gasteiger partial charge in [-0.2, -0.15) is 0 Å². The minimum Gasteiger partial charge on any atom is -0.496 e. The summed E-state index contributed by atoms with van der Waals surface area (Å²) < 4.78 is 6.25. The first kappa shape index (κ1) is 15.0. The Morgan fingerprint density at radius 1 is 1.50 bits per heavy atom. The zero-order valence-electron chi connectivity index (χ0n) is 10.7. The van der Waals surface area contributed by atoms with Crippen LogP contribution in [-0.2, 0) is 11.2 Å². The summed E-state index contributed by atoms with van der Waals surface area (Å²) in [5, 5.41) is 8.84. The highest BCUT2D eigenvalue weighted by atomic mass is 79.9. The third kappa shape index (κ3) is 3.46. The van der Waals surface area contributed by atoms with Gasteiger partial charge in [-0.05, 0) is 29.2 Å². The molecule has 100 valence electrons. The monoisotopic (exact) mass is 315 g/mol. The number of ether oxygens (including phenoxy) is 1. The number of hydrogen-bond donors (Lipinski definition) is 2. The van der Waals surface area contributed by atoms with Crippen molar-refractivity contribution in [2.24, 2.45) is 5.73 Å². The molecule has 1 aromatic carbocycles. The maximum Gasteiger partial charge on any atom is 0.320 e. The van der Waals surface area contributed by atoms with E-state index in [0.29, 0.717) is 11.7 Å². The third-order valence-electron chi connectivity index (χ3n) is 2.78. The van der Waals surface area contributed by atoms with Crippen molar-refractivity contribution in [3.8, 4) is 5.75 Å². The van der Waals surface area contributed by atoms with E-state index in [0.717, 1.165) is 15.6 Å². The lowest BCUT2D eigenvalue weighted by Gasteiger charge is -2.16. The minimum absolute atomic E-state index is 0.246. The van der Waals surface area contributed by atoms with Crippen LogP contribution >= 0.6 is 15.9 Å². The van der Waals surface area contributed by atoms with E-state index in [2.05, 4.69) is 29.8 Å². The largest absolute Gasteiger partial charge is 0.496 e. The van der Waals surface area contributed by atoms with Gasteiger partial charge in [0, 0.05) is 10.9 Å². The predicted molar refractivity (Wildman–Crippen MR) is 74.1 cm³/mol. The lowest BCUT2D eigenvalue weighted by Crippen LogP contribution is -2.32. The second kappa shape index (κ2) is 6.20. The van der Waals surface area contributed by atoms with Crippen LogP contribution in [0.5, 0.6) is 5.75 Å². The first-order valence-electron chi connectivity index (χ1n) is 5.71. The van der Waals surface area contributed by atoms with Crippen LogP contribution in [0.1, 0.15) is 30.9 Å². The molecular formula is C13H18BrNO3. The fourth-order valence-corrected chi connectivity index (χ4v) is 2.58. The van der Waals surface area contributed by atoms with Gasteiger partial charge in [-0.25, -0.2) is 0 Å². The molecule has 5 heteroatoms. The molecule has 0 aliphatic heterocycles. The zero-order chi connectivity index (χ0) is 13.9. The van der Waals surface area contributed by atoms with Crippen molar-refractivity contribution in [3.05, 3.63) is 27.7 Å². The minimum atomic E-state index is -1.01. The molecule has 18 heavy (non-hydrogen) atoms. The molecule has 0 bridgehead atoms. The number of carbonyl (C=O) groups is 1. The Labute approximate surface area is 115 Å². The van der Waals surface area contributed by atoms with Gasteiger partial charge in [0.05, 0.1) is 7.11 Å². The Morgan fingerprint density at radius 3 is 2.56 bits per heavy atom. The number of nitrogens with two attached hydrogens (primary N) is 1. The highest BCUT2D eigenvalue weighted by Crippen LogP contribution is 2.32. The summed E-state index contributed by atoms with van der Waals surface area (Å²) in [5.41, 5.74) is 7.47. The molecule has 0 aliphatic carbocycles. The Morgan fingerprint density at radius 2 is 2.11 bits per heavy atom. The Kier molecular flexibility index (Phi) is 5.16. The Balaban J connectivity index is 3.12. The normalized spacial score (nSPS) is 12.6. The average molecular weight is 316 g/mol. The standard InChI is InChI=1S/C13H18BrNO3/c1-7(2)9-6-12(18-3)8(4-10(9)14)5-11(15)13(16)17/h4,6-7,11H,5,15H2,1-3H3,(H,16,17). The molecule has 3 N–H and O–H groups in total. The van der Waals surface area contributed by atoms with E-state index < -0.39 is 12.0 Å². The van der Waals surface area contributed by atoms with Gasteiger partial charge in [-0.15, -0.1) is 0 Å². The van der Waals surface area contributed by atoms with Crippen LogP contribution in [0.2, 0.25) is 0 Å².